The summed E-state index contributed by atoms with van der Waals surface area (Å²) in [5, 5.41) is 6.77. The number of rotatable bonds is 4. The fourth-order valence-electron chi connectivity index (χ4n) is 1.09. The standard InChI is InChI=1S/C9H14ClN3O/c1-7-8(6-12-13(7)2)9(14)11-5-3-4-10/h6H,3-5H2,1-2H3,(H,11,14). The van der Waals surface area contributed by atoms with Gasteiger partial charge in [-0.15, -0.1) is 11.6 Å². The Labute approximate surface area is 88.2 Å². The average Bonchev–Trinajstić information content (AvgIpc) is 2.48. The van der Waals surface area contributed by atoms with Gasteiger partial charge < -0.3 is 5.32 Å². The van der Waals surface area contributed by atoms with E-state index in [0.717, 1.165) is 12.1 Å². The molecular formula is C9H14ClN3O. The van der Waals surface area contributed by atoms with Crippen molar-refractivity contribution in [1.82, 2.24) is 15.1 Å². The first kappa shape index (κ1) is 11.0. The first-order valence-corrected chi connectivity index (χ1v) is 5.03. The Balaban J connectivity index is 2.56. The summed E-state index contributed by atoms with van der Waals surface area (Å²) in [6, 6.07) is 0. The first-order chi connectivity index (χ1) is 6.66. The molecule has 1 amide bonds. The maximum atomic E-state index is 11.5. The molecule has 1 N–H and O–H groups in total. The molecule has 0 aliphatic heterocycles. The maximum absolute atomic E-state index is 11.5. The fraction of sp³-hybridized carbons (Fsp3) is 0.556. The van der Waals surface area contributed by atoms with E-state index in [9.17, 15) is 4.79 Å². The summed E-state index contributed by atoms with van der Waals surface area (Å²) in [6.07, 6.45) is 2.36. The molecule has 0 aliphatic rings. The van der Waals surface area contributed by atoms with Gasteiger partial charge in [-0.25, -0.2) is 0 Å². The molecule has 1 rings (SSSR count). The van der Waals surface area contributed by atoms with Crippen LogP contribution >= 0.6 is 11.6 Å². The van der Waals surface area contributed by atoms with Crippen molar-refractivity contribution in [1.29, 1.82) is 0 Å². The number of hydrogen-bond donors (Lipinski definition) is 1. The third kappa shape index (κ3) is 2.48. The van der Waals surface area contributed by atoms with Gasteiger partial charge in [0.1, 0.15) is 0 Å². The van der Waals surface area contributed by atoms with Crippen molar-refractivity contribution in [3.8, 4) is 0 Å². The summed E-state index contributed by atoms with van der Waals surface area (Å²) < 4.78 is 1.68. The molecule has 0 saturated carbocycles. The highest BCUT2D eigenvalue weighted by molar-refractivity contribution is 6.17. The van der Waals surface area contributed by atoms with Crippen molar-refractivity contribution in [2.45, 2.75) is 13.3 Å². The van der Waals surface area contributed by atoms with E-state index in [4.69, 9.17) is 11.6 Å². The van der Waals surface area contributed by atoms with Crippen molar-refractivity contribution in [2.75, 3.05) is 12.4 Å². The fourth-order valence-corrected chi connectivity index (χ4v) is 1.22. The predicted molar refractivity (Wildman–Crippen MR) is 55.6 cm³/mol. The SMILES string of the molecule is Cc1c(C(=O)NCCCCl)cnn1C. The summed E-state index contributed by atoms with van der Waals surface area (Å²) >= 11 is 5.50. The van der Waals surface area contributed by atoms with E-state index in [1.165, 1.54) is 0 Å². The van der Waals surface area contributed by atoms with Gasteiger partial charge in [0.15, 0.2) is 0 Å². The molecule has 0 unspecified atom stereocenters. The largest absolute Gasteiger partial charge is 0.352 e. The Morgan fingerprint density at radius 1 is 1.71 bits per heavy atom. The molecule has 14 heavy (non-hydrogen) atoms. The lowest BCUT2D eigenvalue weighted by Crippen LogP contribution is -2.25. The molecule has 0 saturated heterocycles. The van der Waals surface area contributed by atoms with Crippen molar-refractivity contribution in [3.63, 3.8) is 0 Å². The molecule has 1 heterocycles. The van der Waals surface area contributed by atoms with Crippen LogP contribution < -0.4 is 5.32 Å². The van der Waals surface area contributed by atoms with E-state index in [2.05, 4.69) is 10.4 Å². The highest BCUT2D eigenvalue weighted by Gasteiger charge is 2.11. The van der Waals surface area contributed by atoms with Crippen LogP contribution in [0.2, 0.25) is 0 Å². The third-order valence-electron chi connectivity index (χ3n) is 2.08. The van der Waals surface area contributed by atoms with Crippen molar-refractivity contribution in [3.05, 3.63) is 17.5 Å². The van der Waals surface area contributed by atoms with Gasteiger partial charge >= 0.3 is 0 Å². The van der Waals surface area contributed by atoms with Crippen LogP contribution in [-0.2, 0) is 7.05 Å². The number of nitrogens with zero attached hydrogens (tertiary/aromatic N) is 2. The zero-order chi connectivity index (χ0) is 10.6. The van der Waals surface area contributed by atoms with Crippen LogP contribution in [0.1, 0.15) is 22.5 Å². The lowest BCUT2D eigenvalue weighted by molar-refractivity contribution is 0.0953. The van der Waals surface area contributed by atoms with E-state index >= 15 is 0 Å². The van der Waals surface area contributed by atoms with Gasteiger partial charge in [0.2, 0.25) is 0 Å². The van der Waals surface area contributed by atoms with Crippen LogP contribution in [0.4, 0.5) is 0 Å². The van der Waals surface area contributed by atoms with Gasteiger partial charge in [0.25, 0.3) is 5.91 Å². The van der Waals surface area contributed by atoms with Crippen molar-refractivity contribution >= 4 is 17.5 Å². The van der Waals surface area contributed by atoms with Crippen LogP contribution in [0.3, 0.4) is 0 Å². The number of carbonyl (C=O) groups is 1. The van der Waals surface area contributed by atoms with E-state index in [-0.39, 0.29) is 5.91 Å². The van der Waals surface area contributed by atoms with E-state index in [0.29, 0.717) is 18.0 Å². The van der Waals surface area contributed by atoms with Crippen molar-refractivity contribution < 1.29 is 4.79 Å². The van der Waals surface area contributed by atoms with Gasteiger partial charge in [-0.2, -0.15) is 5.10 Å². The summed E-state index contributed by atoms with van der Waals surface area (Å²) in [5.74, 6) is 0.479. The number of hydrogen-bond acceptors (Lipinski definition) is 2. The maximum Gasteiger partial charge on any atom is 0.254 e. The van der Waals surface area contributed by atoms with Gasteiger partial charge in [0.05, 0.1) is 11.8 Å². The van der Waals surface area contributed by atoms with E-state index < -0.39 is 0 Å². The molecule has 1 aromatic heterocycles. The lowest BCUT2D eigenvalue weighted by atomic mass is 10.2. The number of nitrogens with one attached hydrogen (secondary N) is 1. The monoisotopic (exact) mass is 215 g/mol. The molecule has 4 nitrogen and oxygen atoms in total. The first-order valence-electron chi connectivity index (χ1n) is 4.49. The molecule has 0 aromatic carbocycles. The second kappa shape index (κ2) is 5.00. The molecule has 5 heteroatoms. The molecule has 0 radical (unpaired) electrons. The molecule has 0 fully saturated rings. The summed E-state index contributed by atoms with van der Waals surface area (Å²) in [5.41, 5.74) is 1.50. The summed E-state index contributed by atoms with van der Waals surface area (Å²) in [7, 11) is 1.81. The van der Waals surface area contributed by atoms with Crippen molar-refractivity contribution in [2.24, 2.45) is 7.05 Å². The molecule has 78 valence electrons. The highest BCUT2D eigenvalue weighted by atomic mass is 35.5. The highest BCUT2D eigenvalue weighted by Crippen LogP contribution is 2.04. The molecular weight excluding hydrogens is 202 g/mol. The molecule has 0 spiro atoms. The quantitative estimate of drug-likeness (QED) is 0.604. The van der Waals surface area contributed by atoms with Gasteiger partial charge in [-0.05, 0) is 13.3 Å². The molecule has 1 aromatic rings. The number of alkyl halides is 1. The van der Waals surface area contributed by atoms with Crippen LogP contribution in [-0.4, -0.2) is 28.1 Å². The van der Waals surface area contributed by atoms with Crippen LogP contribution in [0.5, 0.6) is 0 Å². The number of halogens is 1. The summed E-state index contributed by atoms with van der Waals surface area (Å²) in [6.45, 7) is 2.47. The number of carbonyl (C=O) groups excluding carboxylic acids is 1. The van der Waals surface area contributed by atoms with E-state index in [1.54, 1.807) is 10.9 Å². The third-order valence-corrected chi connectivity index (χ3v) is 2.34. The zero-order valence-electron chi connectivity index (χ0n) is 8.38. The number of aryl methyl sites for hydroxylation is 1. The second-order valence-corrected chi connectivity index (χ2v) is 3.44. The topological polar surface area (TPSA) is 46.9 Å². The smallest absolute Gasteiger partial charge is 0.254 e. The number of aromatic nitrogens is 2. The Morgan fingerprint density at radius 2 is 2.43 bits per heavy atom. The number of amides is 1. The average molecular weight is 216 g/mol. The predicted octanol–water partition coefficient (Wildman–Crippen LogP) is 1.09. The minimum Gasteiger partial charge on any atom is -0.352 e. The molecule has 0 aliphatic carbocycles. The Kier molecular flexibility index (Phi) is 3.95. The van der Waals surface area contributed by atoms with Gasteiger partial charge in [-0.3, -0.25) is 9.48 Å². The van der Waals surface area contributed by atoms with Crippen LogP contribution in [0, 0.1) is 6.92 Å². The zero-order valence-corrected chi connectivity index (χ0v) is 9.14. The van der Waals surface area contributed by atoms with Crippen LogP contribution in [0.25, 0.3) is 0 Å². The minimum atomic E-state index is -0.0827. The Bertz CT molecular complexity index is 322. The van der Waals surface area contributed by atoms with Gasteiger partial charge in [0, 0.05) is 25.2 Å². The van der Waals surface area contributed by atoms with Crippen LogP contribution in [0.15, 0.2) is 6.20 Å². The summed E-state index contributed by atoms with van der Waals surface area (Å²) in [4.78, 5) is 11.5. The Hall–Kier alpha value is -1.03. The Morgan fingerprint density at radius 3 is 2.93 bits per heavy atom. The van der Waals surface area contributed by atoms with Gasteiger partial charge in [-0.1, -0.05) is 0 Å². The lowest BCUT2D eigenvalue weighted by Gasteiger charge is -2.02. The van der Waals surface area contributed by atoms with E-state index in [1.807, 2.05) is 14.0 Å². The normalized spacial score (nSPS) is 10.2. The second-order valence-electron chi connectivity index (χ2n) is 3.07. The molecule has 0 atom stereocenters. The molecule has 0 bridgehead atoms. The minimum absolute atomic E-state index is 0.0827.